The SMILES string of the molecule is COc1ccc(C)cc1S(=O)(=O)NC(Cc1ccccc1)C(=O)Nc1cccc([N+](=O)[O-])c1. The molecule has 0 saturated heterocycles. The number of anilines is 1. The van der Waals surface area contributed by atoms with Gasteiger partial charge in [0.25, 0.3) is 5.69 Å². The summed E-state index contributed by atoms with van der Waals surface area (Å²) in [4.78, 5) is 23.5. The molecular formula is C23H23N3O6S. The molecule has 0 heterocycles. The van der Waals surface area contributed by atoms with Gasteiger partial charge in [-0.1, -0.05) is 42.5 Å². The Hall–Kier alpha value is -3.76. The van der Waals surface area contributed by atoms with Crippen molar-refractivity contribution in [2.45, 2.75) is 24.3 Å². The monoisotopic (exact) mass is 469 g/mol. The van der Waals surface area contributed by atoms with Gasteiger partial charge in [0.1, 0.15) is 16.7 Å². The molecule has 33 heavy (non-hydrogen) atoms. The van der Waals surface area contributed by atoms with Crippen molar-refractivity contribution in [1.82, 2.24) is 4.72 Å². The van der Waals surface area contributed by atoms with Gasteiger partial charge in [-0.15, -0.1) is 0 Å². The molecule has 1 amide bonds. The van der Waals surface area contributed by atoms with E-state index in [0.717, 1.165) is 5.56 Å². The number of nitro groups is 1. The van der Waals surface area contributed by atoms with Crippen LogP contribution in [0.25, 0.3) is 0 Å². The largest absolute Gasteiger partial charge is 0.495 e. The minimum atomic E-state index is -4.15. The van der Waals surface area contributed by atoms with Crippen molar-refractivity contribution in [3.05, 3.63) is 94.0 Å². The maximum absolute atomic E-state index is 13.2. The number of benzene rings is 3. The number of methoxy groups -OCH3 is 1. The number of non-ortho nitro benzene ring substituents is 1. The number of rotatable bonds is 9. The van der Waals surface area contributed by atoms with Crippen molar-refractivity contribution in [3.8, 4) is 5.75 Å². The van der Waals surface area contributed by atoms with E-state index in [-0.39, 0.29) is 28.4 Å². The minimum Gasteiger partial charge on any atom is -0.495 e. The van der Waals surface area contributed by atoms with E-state index in [1.54, 1.807) is 43.3 Å². The first-order valence-electron chi connectivity index (χ1n) is 9.96. The third-order valence-electron chi connectivity index (χ3n) is 4.83. The van der Waals surface area contributed by atoms with Crippen LogP contribution in [-0.2, 0) is 21.2 Å². The van der Waals surface area contributed by atoms with Gasteiger partial charge < -0.3 is 10.1 Å². The zero-order valence-corrected chi connectivity index (χ0v) is 18.8. The third kappa shape index (κ3) is 6.15. The molecular weight excluding hydrogens is 446 g/mol. The predicted octanol–water partition coefficient (Wildman–Crippen LogP) is 3.44. The highest BCUT2D eigenvalue weighted by Crippen LogP contribution is 2.25. The lowest BCUT2D eigenvalue weighted by Gasteiger charge is -2.20. The van der Waals surface area contributed by atoms with Crippen LogP contribution in [0.4, 0.5) is 11.4 Å². The summed E-state index contributed by atoms with van der Waals surface area (Å²) in [5.41, 5.74) is 1.42. The van der Waals surface area contributed by atoms with E-state index in [4.69, 9.17) is 4.74 Å². The normalized spacial score (nSPS) is 12.1. The van der Waals surface area contributed by atoms with Crippen LogP contribution in [0, 0.1) is 17.0 Å². The van der Waals surface area contributed by atoms with Gasteiger partial charge in [-0.3, -0.25) is 14.9 Å². The van der Waals surface area contributed by atoms with Gasteiger partial charge in [0.2, 0.25) is 15.9 Å². The highest BCUT2D eigenvalue weighted by atomic mass is 32.2. The summed E-state index contributed by atoms with van der Waals surface area (Å²) in [6.07, 6.45) is 0.0644. The van der Waals surface area contributed by atoms with Crippen molar-refractivity contribution in [3.63, 3.8) is 0 Å². The second-order valence-corrected chi connectivity index (χ2v) is 9.00. The van der Waals surface area contributed by atoms with E-state index >= 15 is 0 Å². The Labute approximate surface area is 191 Å². The standard InChI is InChI=1S/C23H23N3O6S/c1-16-11-12-21(32-2)22(13-16)33(30,31)25-20(14-17-7-4-3-5-8-17)23(27)24-18-9-6-10-19(15-18)26(28)29/h3-13,15,20,25H,14H2,1-2H3,(H,24,27). The first-order chi connectivity index (χ1) is 15.7. The van der Waals surface area contributed by atoms with Crippen molar-refractivity contribution in [2.24, 2.45) is 0 Å². The van der Waals surface area contributed by atoms with Gasteiger partial charge in [0.05, 0.1) is 12.0 Å². The summed E-state index contributed by atoms with van der Waals surface area (Å²) in [7, 11) is -2.79. The summed E-state index contributed by atoms with van der Waals surface area (Å²) < 4.78 is 34.1. The molecule has 0 aliphatic heterocycles. The van der Waals surface area contributed by atoms with Crippen LogP contribution in [0.3, 0.4) is 0 Å². The van der Waals surface area contributed by atoms with Gasteiger partial charge in [-0.2, -0.15) is 4.72 Å². The molecule has 0 aromatic heterocycles. The van der Waals surface area contributed by atoms with E-state index in [9.17, 15) is 23.3 Å². The molecule has 0 fully saturated rings. The average molecular weight is 470 g/mol. The number of carbonyl (C=O) groups excluding carboxylic acids is 1. The van der Waals surface area contributed by atoms with Gasteiger partial charge >= 0.3 is 0 Å². The van der Waals surface area contributed by atoms with Crippen LogP contribution < -0.4 is 14.8 Å². The zero-order chi connectivity index (χ0) is 24.0. The quantitative estimate of drug-likeness (QED) is 0.365. The number of sulfonamides is 1. The molecule has 0 saturated carbocycles. The number of carbonyl (C=O) groups is 1. The maximum Gasteiger partial charge on any atom is 0.271 e. The van der Waals surface area contributed by atoms with E-state index in [0.29, 0.717) is 5.56 Å². The molecule has 2 N–H and O–H groups in total. The van der Waals surface area contributed by atoms with E-state index in [1.807, 2.05) is 6.07 Å². The third-order valence-corrected chi connectivity index (χ3v) is 6.32. The Morgan fingerprint density at radius 3 is 2.45 bits per heavy atom. The average Bonchev–Trinajstić information content (AvgIpc) is 2.79. The molecule has 0 bridgehead atoms. The highest BCUT2D eigenvalue weighted by Gasteiger charge is 2.28. The number of aryl methyl sites for hydroxylation is 1. The highest BCUT2D eigenvalue weighted by molar-refractivity contribution is 7.89. The fourth-order valence-corrected chi connectivity index (χ4v) is 4.66. The topological polar surface area (TPSA) is 128 Å². The Morgan fingerprint density at radius 1 is 1.06 bits per heavy atom. The Balaban J connectivity index is 1.93. The van der Waals surface area contributed by atoms with Gasteiger partial charge in [-0.25, -0.2) is 8.42 Å². The van der Waals surface area contributed by atoms with Crippen LogP contribution in [0.5, 0.6) is 5.75 Å². The second-order valence-electron chi connectivity index (χ2n) is 7.31. The molecule has 3 rings (SSSR count). The maximum atomic E-state index is 13.2. The Bertz CT molecular complexity index is 1260. The summed E-state index contributed by atoms with van der Waals surface area (Å²) >= 11 is 0. The minimum absolute atomic E-state index is 0.0644. The molecule has 0 radical (unpaired) electrons. The lowest BCUT2D eigenvalue weighted by molar-refractivity contribution is -0.384. The predicted molar refractivity (Wildman–Crippen MR) is 124 cm³/mol. The molecule has 0 aliphatic carbocycles. The van der Waals surface area contributed by atoms with Crippen LogP contribution in [-0.4, -0.2) is 32.4 Å². The number of amides is 1. The van der Waals surface area contributed by atoms with Crippen LogP contribution in [0.15, 0.2) is 77.7 Å². The molecule has 1 unspecified atom stereocenters. The molecule has 0 spiro atoms. The number of nitrogens with zero attached hydrogens (tertiary/aromatic N) is 1. The van der Waals surface area contributed by atoms with Gasteiger partial charge in [0.15, 0.2) is 0 Å². The fourth-order valence-electron chi connectivity index (χ4n) is 3.21. The van der Waals surface area contributed by atoms with E-state index in [1.165, 1.54) is 37.4 Å². The van der Waals surface area contributed by atoms with Crippen LogP contribution >= 0.6 is 0 Å². The van der Waals surface area contributed by atoms with Crippen molar-refractivity contribution >= 4 is 27.3 Å². The summed E-state index contributed by atoms with van der Waals surface area (Å²) in [6, 6.07) is 17.9. The van der Waals surface area contributed by atoms with Crippen LogP contribution in [0.2, 0.25) is 0 Å². The molecule has 3 aromatic rings. The number of ether oxygens (including phenoxy) is 1. The number of nitrogens with one attached hydrogen (secondary N) is 2. The number of hydrogen-bond donors (Lipinski definition) is 2. The molecule has 3 aromatic carbocycles. The van der Waals surface area contributed by atoms with Crippen molar-refractivity contribution in [1.29, 1.82) is 0 Å². The van der Waals surface area contributed by atoms with E-state index < -0.39 is 26.9 Å². The lowest BCUT2D eigenvalue weighted by atomic mass is 10.1. The summed E-state index contributed by atoms with van der Waals surface area (Å²) in [5.74, 6) is -0.514. The smallest absolute Gasteiger partial charge is 0.271 e. The van der Waals surface area contributed by atoms with Crippen molar-refractivity contribution in [2.75, 3.05) is 12.4 Å². The number of nitro benzene ring substituents is 1. The summed E-state index contributed by atoms with van der Waals surface area (Å²) in [6.45, 7) is 1.74. The van der Waals surface area contributed by atoms with Crippen LogP contribution in [0.1, 0.15) is 11.1 Å². The molecule has 0 aliphatic rings. The number of hydrogen-bond acceptors (Lipinski definition) is 6. The molecule has 9 nitrogen and oxygen atoms in total. The van der Waals surface area contributed by atoms with Gasteiger partial charge in [0, 0.05) is 17.8 Å². The Kier molecular flexibility index (Phi) is 7.41. The van der Waals surface area contributed by atoms with Gasteiger partial charge in [-0.05, 0) is 42.7 Å². The van der Waals surface area contributed by atoms with Crippen molar-refractivity contribution < 1.29 is 22.9 Å². The molecule has 1 atom stereocenters. The molecule has 10 heteroatoms. The second kappa shape index (κ2) is 10.2. The van der Waals surface area contributed by atoms with E-state index in [2.05, 4.69) is 10.0 Å². The first kappa shape index (κ1) is 23.9. The first-order valence-corrected chi connectivity index (χ1v) is 11.4. The summed E-state index contributed by atoms with van der Waals surface area (Å²) in [5, 5.41) is 13.6. The zero-order valence-electron chi connectivity index (χ0n) is 18.0. The molecule has 172 valence electrons. The lowest BCUT2D eigenvalue weighted by Crippen LogP contribution is -2.45. The Morgan fingerprint density at radius 2 is 1.79 bits per heavy atom. The fraction of sp³-hybridized carbons (Fsp3) is 0.174.